The van der Waals surface area contributed by atoms with Crippen molar-refractivity contribution in [3.05, 3.63) is 57.9 Å². The van der Waals surface area contributed by atoms with Crippen LogP contribution in [0, 0.1) is 12.7 Å². The molecule has 0 aliphatic carbocycles. The normalized spacial score (nSPS) is 11.9. The van der Waals surface area contributed by atoms with Crippen molar-refractivity contribution in [2.24, 2.45) is 4.99 Å². The van der Waals surface area contributed by atoms with Crippen molar-refractivity contribution >= 4 is 29.3 Å². The van der Waals surface area contributed by atoms with Crippen molar-refractivity contribution in [3.8, 4) is 0 Å². The molecule has 8 heteroatoms. The summed E-state index contributed by atoms with van der Waals surface area (Å²) in [5.74, 6) is -0.894. The third-order valence-corrected chi connectivity index (χ3v) is 4.69. The van der Waals surface area contributed by atoms with Crippen LogP contribution in [0.25, 0.3) is 0 Å². The van der Waals surface area contributed by atoms with Crippen molar-refractivity contribution in [2.45, 2.75) is 26.6 Å². The predicted octanol–water partition coefficient (Wildman–Crippen LogP) is 6.05. The van der Waals surface area contributed by atoms with Crippen LogP contribution < -0.4 is 4.90 Å². The minimum atomic E-state index is -4.63. The van der Waals surface area contributed by atoms with E-state index in [2.05, 4.69) is 4.99 Å². The SMILES string of the molecule is CCN(C)/C=N\c1cc(C)c(N(C)Cc2c(F)cccc2C(F)(F)F)cc1Cl. The average Bonchev–Trinajstić information content (AvgIpc) is 2.62. The first-order valence-electron chi connectivity index (χ1n) is 8.64. The van der Waals surface area contributed by atoms with E-state index >= 15 is 0 Å². The first-order valence-corrected chi connectivity index (χ1v) is 9.02. The fourth-order valence-corrected chi connectivity index (χ4v) is 2.92. The zero-order valence-electron chi connectivity index (χ0n) is 16.1. The summed E-state index contributed by atoms with van der Waals surface area (Å²) in [4.78, 5) is 7.74. The van der Waals surface area contributed by atoms with Gasteiger partial charge < -0.3 is 9.80 Å². The second-order valence-electron chi connectivity index (χ2n) is 6.53. The van der Waals surface area contributed by atoms with E-state index in [-0.39, 0.29) is 6.54 Å². The van der Waals surface area contributed by atoms with Crippen LogP contribution in [0.15, 0.2) is 35.3 Å². The maximum Gasteiger partial charge on any atom is 0.416 e. The lowest BCUT2D eigenvalue weighted by atomic mass is 10.0. The molecule has 3 nitrogen and oxygen atoms in total. The van der Waals surface area contributed by atoms with Crippen LogP contribution >= 0.6 is 11.6 Å². The average molecular weight is 416 g/mol. The smallest absolute Gasteiger partial charge is 0.370 e. The number of aliphatic imine (C=N–C) groups is 1. The Labute approximate surface area is 167 Å². The van der Waals surface area contributed by atoms with Gasteiger partial charge in [-0.1, -0.05) is 17.7 Å². The number of hydrogen-bond donors (Lipinski definition) is 0. The number of anilines is 1. The van der Waals surface area contributed by atoms with Crippen LogP contribution in [0.1, 0.15) is 23.6 Å². The van der Waals surface area contributed by atoms with Gasteiger partial charge in [-0.2, -0.15) is 13.2 Å². The van der Waals surface area contributed by atoms with Crippen LogP contribution in [0.4, 0.5) is 28.9 Å². The number of halogens is 5. The van der Waals surface area contributed by atoms with E-state index in [0.717, 1.165) is 30.3 Å². The fourth-order valence-electron chi connectivity index (χ4n) is 2.72. The van der Waals surface area contributed by atoms with Crippen molar-refractivity contribution in [1.29, 1.82) is 0 Å². The summed E-state index contributed by atoms with van der Waals surface area (Å²) in [5.41, 5.74) is 0.539. The number of aryl methyl sites for hydroxylation is 1. The third-order valence-electron chi connectivity index (χ3n) is 4.39. The van der Waals surface area contributed by atoms with Gasteiger partial charge in [-0.3, -0.25) is 0 Å². The first kappa shape index (κ1) is 22.0. The quantitative estimate of drug-likeness (QED) is 0.324. The molecule has 0 radical (unpaired) electrons. The lowest BCUT2D eigenvalue weighted by molar-refractivity contribution is -0.138. The maximum absolute atomic E-state index is 14.1. The number of nitrogens with zero attached hydrogens (tertiary/aromatic N) is 3. The Bertz CT molecular complexity index is 865. The van der Waals surface area contributed by atoms with Gasteiger partial charge in [0.2, 0.25) is 0 Å². The van der Waals surface area contributed by atoms with Gasteiger partial charge in [-0.15, -0.1) is 0 Å². The van der Waals surface area contributed by atoms with Gasteiger partial charge in [-0.05, 0) is 43.7 Å². The number of rotatable bonds is 6. The molecular formula is C20H22ClF4N3. The fraction of sp³-hybridized carbons (Fsp3) is 0.350. The molecule has 0 saturated heterocycles. The maximum atomic E-state index is 14.1. The number of alkyl halides is 3. The van der Waals surface area contributed by atoms with Crippen molar-refractivity contribution < 1.29 is 17.6 Å². The van der Waals surface area contributed by atoms with Gasteiger partial charge in [0.25, 0.3) is 0 Å². The van der Waals surface area contributed by atoms with Crippen molar-refractivity contribution in [3.63, 3.8) is 0 Å². The summed E-state index contributed by atoms with van der Waals surface area (Å²) in [7, 11) is 3.47. The highest BCUT2D eigenvalue weighted by Gasteiger charge is 2.34. The molecular weight excluding hydrogens is 394 g/mol. The molecule has 28 heavy (non-hydrogen) atoms. The van der Waals surface area contributed by atoms with E-state index in [1.807, 2.05) is 18.9 Å². The van der Waals surface area contributed by atoms with Gasteiger partial charge in [0.05, 0.1) is 22.6 Å². The molecule has 0 unspecified atom stereocenters. The molecule has 0 aliphatic rings. The topological polar surface area (TPSA) is 18.8 Å². The van der Waals surface area contributed by atoms with Gasteiger partial charge in [0.1, 0.15) is 5.82 Å². The van der Waals surface area contributed by atoms with E-state index in [4.69, 9.17) is 11.6 Å². The lowest BCUT2D eigenvalue weighted by Crippen LogP contribution is -2.22. The van der Waals surface area contributed by atoms with Crippen LogP contribution in [-0.2, 0) is 12.7 Å². The minimum absolute atomic E-state index is 0.250. The Morgan fingerprint density at radius 1 is 1.18 bits per heavy atom. The second-order valence-corrected chi connectivity index (χ2v) is 6.93. The summed E-state index contributed by atoms with van der Waals surface area (Å²) < 4.78 is 53.8. The summed E-state index contributed by atoms with van der Waals surface area (Å²) >= 11 is 6.30. The number of benzene rings is 2. The molecule has 0 spiro atoms. The van der Waals surface area contributed by atoms with Gasteiger partial charge >= 0.3 is 6.18 Å². The molecule has 0 atom stereocenters. The molecule has 0 bridgehead atoms. The van der Waals surface area contributed by atoms with Gasteiger partial charge in [-0.25, -0.2) is 9.38 Å². The molecule has 2 aromatic rings. The summed E-state index contributed by atoms with van der Waals surface area (Å²) in [6.07, 6.45) is -2.98. The molecule has 0 aromatic heterocycles. The summed E-state index contributed by atoms with van der Waals surface area (Å²) in [6.45, 7) is 4.32. The van der Waals surface area contributed by atoms with Crippen molar-refractivity contribution in [2.75, 3.05) is 25.5 Å². The Morgan fingerprint density at radius 3 is 2.46 bits per heavy atom. The summed E-state index contributed by atoms with van der Waals surface area (Å²) in [5, 5.41) is 0.359. The summed E-state index contributed by atoms with van der Waals surface area (Å²) in [6, 6.07) is 6.35. The molecule has 152 valence electrons. The number of hydrogen-bond acceptors (Lipinski definition) is 2. The molecule has 2 aromatic carbocycles. The first-order chi connectivity index (χ1) is 13.0. The molecule has 2 rings (SSSR count). The highest BCUT2D eigenvalue weighted by atomic mass is 35.5. The third kappa shape index (κ3) is 5.16. The van der Waals surface area contributed by atoms with E-state index in [1.165, 1.54) is 0 Å². The zero-order chi connectivity index (χ0) is 21.1. The minimum Gasteiger partial charge on any atom is -0.370 e. The molecule has 0 N–H and O–H groups in total. The Hall–Kier alpha value is -2.28. The molecule has 0 fully saturated rings. The van der Waals surface area contributed by atoms with Gasteiger partial charge in [0, 0.05) is 38.4 Å². The van der Waals surface area contributed by atoms with E-state index in [0.29, 0.717) is 16.4 Å². The van der Waals surface area contributed by atoms with Crippen molar-refractivity contribution in [1.82, 2.24) is 4.90 Å². The zero-order valence-corrected chi connectivity index (χ0v) is 16.9. The Balaban J connectivity index is 2.35. The van der Waals surface area contributed by atoms with E-state index < -0.39 is 23.1 Å². The highest BCUT2D eigenvalue weighted by Crippen LogP contribution is 2.36. The molecule has 0 aliphatic heterocycles. The monoisotopic (exact) mass is 415 g/mol. The highest BCUT2D eigenvalue weighted by molar-refractivity contribution is 6.33. The van der Waals surface area contributed by atoms with Crippen LogP contribution in [0.3, 0.4) is 0 Å². The Morgan fingerprint density at radius 2 is 1.86 bits per heavy atom. The van der Waals surface area contributed by atoms with Crippen LogP contribution in [-0.4, -0.2) is 31.9 Å². The Kier molecular flexibility index (Phi) is 6.93. The lowest BCUT2D eigenvalue weighted by Gasteiger charge is -2.24. The molecule has 0 saturated carbocycles. The van der Waals surface area contributed by atoms with Crippen LogP contribution in [0.2, 0.25) is 5.02 Å². The second kappa shape index (κ2) is 8.82. The largest absolute Gasteiger partial charge is 0.416 e. The standard InChI is InChI=1S/C20H22ClF4N3/c1-5-27(3)12-26-18-9-13(2)19(10-16(18)21)28(4)11-14-15(20(23,24)25)7-6-8-17(14)22/h6-10,12H,5,11H2,1-4H3/b26-12-. The van der Waals surface area contributed by atoms with Gasteiger partial charge in [0.15, 0.2) is 0 Å². The predicted molar refractivity (Wildman–Crippen MR) is 106 cm³/mol. The van der Waals surface area contributed by atoms with E-state index in [9.17, 15) is 17.6 Å². The van der Waals surface area contributed by atoms with Crippen LogP contribution in [0.5, 0.6) is 0 Å². The molecule has 0 amide bonds. The van der Waals surface area contributed by atoms with E-state index in [1.54, 1.807) is 37.3 Å². The molecule has 0 heterocycles.